The van der Waals surface area contributed by atoms with E-state index in [1.807, 2.05) is 20.8 Å². The van der Waals surface area contributed by atoms with E-state index in [2.05, 4.69) is 15.5 Å². The van der Waals surface area contributed by atoms with Crippen molar-refractivity contribution >= 4 is 22.4 Å². The molecular formula is C14H17N3O3S. The molecule has 0 aliphatic heterocycles. The SMILES string of the molecule is COc1cccc(C(=O)Nc2nnc(C)s2)c1OC(C)C. The van der Waals surface area contributed by atoms with E-state index in [0.29, 0.717) is 22.2 Å². The third kappa shape index (κ3) is 3.69. The van der Waals surface area contributed by atoms with Crippen molar-refractivity contribution in [1.82, 2.24) is 10.2 Å². The Morgan fingerprint density at radius 1 is 1.33 bits per heavy atom. The van der Waals surface area contributed by atoms with E-state index in [0.717, 1.165) is 5.01 Å². The Morgan fingerprint density at radius 3 is 2.67 bits per heavy atom. The molecule has 21 heavy (non-hydrogen) atoms. The number of aromatic nitrogens is 2. The highest BCUT2D eigenvalue weighted by Gasteiger charge is 2.19. The summed E-state index contributed by atoms with van der Waals surface area (Å²) in [5.74, 6) is 0.638. The van der Waals surface area contributed by atoms with Crippen LogP contribution in [0.3, 0.4) is 0 Å². The number of anilines is 1. The number of rotatable bonds is 5. The summed E-state index contributed by atoms with van der Waals surface area (Å²) in [5.41, 5.74) is 0.399. The molecule has 2 aromatic rings. The lowest BCUT2D eigenvalue weighted by molar-refractivity contribution is 0.102. The average Bonchev–Trinajstić information content (AvgIpc) is 2.83. The number of hydrogen-bond acceptors (Lipinski definition) is 6. The second kappa shape index (κ2) is 6.53. The van der Waals surface area contributed by atoms with Crippen molar-refractivity contribution in [2.75, 3.05) is 12.4 Å². The smallest absolute Gasteiger partial charge is 0.261 e. The van der Waals surface area contributed by atoms with Gasteiger partial charge in [0.1, 0.15) is 5.01 Å². The molecule has 1 aromatic heterocycles. The summed E-state index contributed by atoms with van der Waals surface area (Å²) in [6.07, 6.45) is -0.0726. The van der Waals surface area contributed by atoms with Gasteiger partial charge in [-0.25, -0.2) is 0 Å². The number of methoxy groups -OCH3 is 1. The highest BCUT2D eigenvalue weighted by atomic mass is 32.1. The number of carbonyl (C=O) groups is 1. The van der Waals surface area contributed by atoms with Crippen molar-refractivity contribution in [3.8, 4) is 11.5 Å². The lowest BCUT2D eigenvalue weighted by Gasteiger charge is -2.16. The summed E-state index contributed by atoms with van der Waals surface area (Å²) in [6, 6.07) is 5.18. The van der Waals surface area contributed by atoms with Crippen molar-refractivity contribution in [2.45, 2.75) is 26.9 Å². The van der Waals surface area contributed by atoms with Gasteiger partial charge in [0.15, 0.2) is 11.5 Å². The molecule has 0 saturated carbocycles. The predicted octanol–water partition coefficient (Wildman–Crippen LogP) is 2.89. The van der Waals surface area contributed by atoms with Crippen molar-refractivity contribution in [3.63, 3.8) is 0 Å². The minimum Gasteiger partial charge on any atom is -0.493 e. The number of benzene rings is 1. The number of amides is 1. The number of carbonyl (C=O) groups excluding carboxylic acids is 1. The van der Waals surface area contributed by atoms with Crippen LogP contribution in [0.15, 0.2) is 18.2 Å². The van der Waals surface area contributed by atoms with Crippen LogP contribution in [-0.4, -0.2) is 29.3 Å². The molecule has 0 aliphatic carbocycles. The number of para-hydroxylation sites is 1. The maximum atomic E-state index is 12.4. The maximum Gasteiger partial charge on any atom is 0.261 e. The Bertz CT molecular complexity index is 640. The molecule has 2 rings (SSSR count). The van der Waals surface area contributed by atoms with Gasteiger partial charge in [-0.05, 0) is 32.9 Å². The molecule has 0 bridgehead atoms. The molecule has 7 heteroatoms. The van der Waals surface area contributed by atoms with Crippen LogP contribution in [0.4, 0.5) is 5.13 Å². The largest absolute Gasteiger partial charge is 0.493 e. The fourth-order valence-electron chi connectivity index (χ4n) is 1.72. The molecule has 112 valence electrons. The molecule has 0 aliphatic rings. The summed E-state index contributed by atoms with van der Waals surface area (Å²) in [7, 11) is 1.54. The van der Waals surface area contributed by atoms with Gasteiger partial charge in [-0.1, -0.05) is 17.4 Å². The molecule has 1 heterocycles. The zero-order valence-corrected chi connectivity index (χ0v) is 13.2. The molecule has 0 radical (unpaired) electrons. The quantitative estimate of drug-likeness (QED) is 0.919. The lowest BCUT2D eigenvalue weighted by atomic mass is 10.1. The normalized spacial score (nSPS) is 10.5. The van der Waals surface area contributed by atoms with Crippen molar-refractivity contribution < 1.29 is 14.3 Å². The first kappa shape index (κ1) is 15.2. The second-order valence-electron chi connectivity index (χ2n) is 4.58. The van der Waals surface area contributed by atoms with E-state index in [1.54, 1.807) is 18.2 Å². The van der Waals surface area contributed by atoms with Crippen LogP contribution in [0.1, 0.15) is 29.2 Å². The van der Waals surface area contributed by atoms with Crippen molar-refractivity contribution in [1.29, 1.82) is 0 Å². The second-order valence-corrected chi connectivity index (χ2v) is 5.77. The number of nitrogens with one attached hydrogen (secondary N) is 1. The molecule has 0 atom stereocenters. The van der Waals surface area contributed by atoms with Gasteiger partial charge >= 0.3 is 0 Å². The number of nitrogens with zero attached hydrogens (tertiary/aromatic N) is 2. The van der Waals surface area contributed by atoms with E-state index >= 15 is 0 Å². The van der Waals surface area contributed by atoms with Gasteiger partial charge in [0, 0.05) is 0 Å². The van der Waals surface area contributed by atoms with Crippen LogP contribution in [-0.2, 0) is 0 Å². The summed E-state index contributed by atoms with van der Waals surface area (Å²) in [5, 5.41) is 11.7. The van der Waals surface area contributed by atoms with Crippen LogP contribution >= 0.6 is 11.3 Å². The Balaban J connectivity index is 2.31. The van der Waals surface area contributed by atoms with Crippen molar-refractivity contribution in [3.05, 3.63) is 28.8 Å². The first-order valence-corrected chi connectivity index (χ1v) is 7.28. The van der Waals surface area contributed by atoms with Crippen LogP contribution in [0.2, 0.25) is 0 Å². The fraction of sp³-hybridized carbons (Fsp3) is 0.357. The molecule has 0 fully saturated rings. The Kier molecular flexibility index (Phi) is 4.74. The van der Waals surface area contributed by atoms with Crippen LogP contribution < -0.4 is 14.8 Å². The average molecular weight is 307 g/mol. The number of aryl methyl sites for hydroxylation is 1. The van der Waals surface area contributed by atoms with E-state index in [9.17, 15) is 4.79 Å². The first-order valence-electron chi connectivity index (χ1n) is 6.46. The summed E-state index contributed by atoms with van der Waals surface area (Å²) in [4.78, 5) is 12.4. The van der Waals surface area contributed by atoms with Gasteiger partial charge < -0.3 is 9.47 Å². The minimum atomic E-state index is -0.305. The molecule has 1 N–H and O–H groups in total. The maximum absolute atomic E-state index is 12.4. The molecule has 1 aromatic carbocycles. The molecule has 6 nitrogen and oxygen atoms in total. The van der Waals surface area contributed by atoms with Gasteiger partial charge in [0.2, 0.25) is 5.13 Å². The summed E-state index contributed by atoms with van der Waals surface area (Å²) < 4.78 is 11.0. The highest BCUT2D eigenvalue weighted by molar-refractivity contribution is 7.15. The lowest BCUT2D eigenvalue weighted by Crippen LogP contribution is -2.16. The third-order valence-corrected chi connectivity index (χ3v) is 3.30. The van der Waals surface area contributed by atoms with Gasteiger partial charge in [-0.3, -0.25) is 10.1 Å². The fourth-order valence-corrected chi connectivity index (χ4v) is 2.31. The minimum absolute atomic E-state index is 0.0726. The highest BCUT2D eigenvalue weighted by Crippen LogP contribution is 2.32. The molecule has 0 saturated heterocycles. The van der Waals surface area contributed by atoms with E-state index in [-0.39, 0.29) is 12.0 Å². The van der Waals surface area contributed by atoms with Gasteiger partial charge in [0.25, 0.3) is 5.91 Å². The summed E-state index contributed by atoms with van der Waals surface area (Å²) >= 11 is 1.31. The van der Waals surface area contributed by atoms with E-state index in [4.69, 9.17) is 9.47 Å². The molecule has 1 amide bonds. The van der Waals surface area contributed by atoms with Gasteiger partial charge in [-0.2, -0.15) is 0 Å². The Labute approximate surface area is 127 Å². The zero-order valence-electron chi connectivity index (χ0n) is 12.3. The zero-order chi connectivity index (χ0) is 15.4. The van der Waals surface area contributed by atoms with Crippen molar-refractivity contribution in [2.24, 2.45) is 0 Å². The first-order chi connectivity index (χ1) is 10.0. The number of ether oxygens (including phenoxy) is 2. The molecule has 0 unspecified atom stereocenters. The predicted molar refractivity (Wildman–Crippen MR) is 81.4 cm³/mol. The third-order valence-electron chi connectivity index (χ3n) is 2.54. The molecule has 0 spiro atoms. The van der Waals surface area contributed by atoms with Gasteiger partial charge in [0.05, 0.1) is 18.8 Å². The monoisotopic (exact) mass is 307 g/mol. The van der Waals surface area contributed by atoms with E-state index < -0.39 is 0 Å². The van der Waals surface area contributed by atoms with E-state index in [1.165, 1.54) is 18.4 Å². The standard InChI is InChI=1S/C14H17N3O3S/c1-8(2)20-12-10(6-5-7-11(12)19-4)13(18)15-14-17-16-9(3)21-14/h5-8H,1-4H3,(H,15,17,18). The Morgan fingerprint density at radius 2 is 2.10 bits per heavy atom. The topological polar surface area (TPSA) is 73.3 Å². The Hall–Kier alpha value is -2.15. The molecular weight excluding hydrogens is 290 g/mol. The van der Waals surface area contributed by atoms with Crippen LogP contribution in [0.25, 0.3) is 0 Å². The van der Waals surface area contributed by atoms with Crippen LogP contribution in [0, 0.1) is 6.92 Å². The van der Waals surface area contributed by atoms with Gasteiger partial charge in [-0.15, -0.1) is 10.2 Å². The summed E-state index contributed by atoms with van der Waals surface area (Å²) in [6.45, 7) is 5.61. The van der Waals surface area contributed by atoms with Crippen LogP contribution in [0.5, 0.6) is 11.5 Å². The number of hydrogen-bond donors (Lipinski definition) is 1.